The summed E-state index contributed by atoms with van der Waals surface area (Å²) in [5.41, 5.74) is 0. The van der Waals surface area contributed by atoms with Crippen LogP contribution >= 0.6 is 31.9 Å². The largest absolute Gasteiger partial charge is 0.454 e. The Morgan fingerprint density at radius 3 is 2.75 bits per heavy atom. The predicted octanol–water partition coefficient (Wildman–Crippen LogP) is 3.67. The van der Waals surface area contributed by atoms with Gasteiger partial charge in [0.15, 0.2) is 0 Å². The van der Waals surface area contributed by atoms with Gasteiger partial charge in [0.2, 0.25) is 6.29 Å². The highest BCUT2D eigenvalue weighted by Gasteiger charge is 2.10. The van der Waals surface area contributed by atoms with E-state index in [1.807, 2.05) is 12.1 Å². The molecule has 1 aromatic carbocycles. The number of halogens is 2. The van der Waals surface area contributed by atoms with Crippen molar-refractivity contribution in [2.24, 2.45) is 0 Å². The van der Waals surface area contributed by atoms with Gasteiger partial charge in [0, 0.05) is 17.5 Å². The van der Waals surface area contributed by atoms with Crippen LogP contribution in [-0.4, -0.2) is 12.3 Å². The van der Waals surface area contributed by atoms with E-state index in [0.717, 1.165) is 15.0 Å². The quantitative estimate of drug-likeness (QED) is 0.472. The Kier molecular flexibility index (Phi) is 5.02. The monoisotopic (exact) mass is 348 g/mol. The van der Waals surface area contributed by atoms with Crippen LogP contribution in [0.4, 0.5) is 0 Å². The summed E-state index contributed by atoms with van der Waals surface area (Å²) in [6, 6.07) is 5.45. The fourth-order valence-corrected chi connectivity index (χ4v) is 2.13. The van der Waals surface area contributed by atoms with Gasteiger partial charge in [0.05, 0.1) is 4.47 Å². The van der Waals surface area contributed by atoms with E-state index in [1.54, 1.807) is 13.0 Å². The average Bonchev–Trinajstić information content (AvgIpc) is 2.22. The number of ether oxygens (including phenoxy) is 2. The lowest BCUT2D eigenvalue weighted by atomic mass is 10.3. The van der Waals surface area contributed by atoms with Gasteiger partial charge in [0.1, 0.15) is 5.75 Å². The standard InChI is InChI=1S/C11H10Br2O3/c1-3-11(14)16-7(2)15-10-5-4-8(12)6-9(10)13/h3-7H,1H2,2H3. The first-order valence-electron chi connectivity index (χ1n) is 4.47. The van der Waals surface area contributed by atoms with Gasteiger partial charge in [-0.2, -0.15) is 0 Å². The smallest absolute Gasteiger partial charge is 0.333 e. The summed E-state index contributed by atoms with van der Waals surface area (Å²) in [6.45, 7) is 4.94. The van der Waals surface area contributed by atoms with E-state index in [4.69, 9.17) is 9.47 Å². The Morgan fingerprint density at radius 1 is 1.50 bits per heavy atom. The fourth-order valence-electron chi connectivity index (χ4n) is 0.985. The molecular weight excluding hydrogens is 340 g/mol. The second-order valence-corrected chi connectivity index (χ2v) is 4.67. The number of rotatable bonds is 4. The van der Waals surface area contributed by atoms with E-state index in [9.17, 15) is 4.79 Å². The Morgan fingerprint density at radius 2 is 2.19 bits per heavy atom. The third-order valence-electron chi connectivity index (χ3n) is 1.64. The maximum Gasteiger partial charge on any atom is 0.333 e. The molecule has 16 heavy (non-hydrogen) atoms. The second-order valence-electron chi connectivity index (χ2n) is 2.90. The van der Waals surface area contributed by atoms with Gasteiger partial charge in [0.25, 0.3) is 0 Å². The molecule has 1 rings (SSSR count). The molecule has 0 aliphatic carbocycles. The van der Waals surface area contributed by atoms with Crippen molar-refractivity contribution < 1.29 is 14.3 Å². The molecule has 0 fully saturated rings. The van der Waals surface area contributed by atoms with Crippen molar-refractivity contribution in [3.63, 3.8) is 0 Å². The van der Waals surface area contributed by atoms with E-state index in [-0.39, 0.29) is 0 Å². The predicted molar refractivity (Wildman–Crippen MR) is 68.2 cm³/mol. The number of hydrogen-bond donors (Lipinski definition) is 0. The van der Waals surface area contributed by atoms with E-state index >= 15 is 0 Å². The topological polar surface area (TPSA) is 35.5 Å². The molecule has 0 saturated heterocycles. The zero-order chi connectivity index (χ0) is 12.1. The van der Waals surface area contributed by atoms with Gasteiger partial charge in [-0.05, 0) is 34.1 Å². The van der Waals surface area contributed by atoms with Crippen molar-refractivity contribution in [1.82, 2.24) is 0 Å². The third kappa shape index (κ3) is 3.98. The van der Waals surface area contributed by atoms with Crippen molar-refractivity contribution >= 4 is 37.8 Å². The zero-order valence-electron chi connectivity index (χ0n) is 8.57. The molecule has 1 atom stereocenters. The van der Waals surface area contributed by atoms with Crippen LogP contribution < -0.4 is 4.74 Å². The number of carbonyl (C=O) groups excluding carboxylic acids is 1. The van der Waals surface area contributed by atoms with E-state index in [0.29, 0.717) is 5.75 Å². The fraction of sp³-hybridized carbons (Fsp3) is 0.182. The lowest BCUT2D eigenvalue weighted by Gasteiger charge is -2.15. The molecular formula is C11H10Br2O3. The molecule has 1 aromatic rings. The molecule has 0 amide bonds. The summed E-state index contributed by atoms with van der Waals surface area (Å²) < 4.78 is 12.0. The van der Waals surface area contributed by atoms with Gasteiger partial charge in [-0.15, -0.1) is 0 Å². The van der Waals surface area contributed by atoms with Gasteiger partial charge in [-0.3, -0.25) is 0 Å². The molecule has 0 aromatic heterocycles. The van der Waals surface area contributed by atoms with Crippen molar-refractivity contribution in [3.05, 3.63) is 39.8 Å². The van der Waals surface area contributed by atoms with Crippen LogP contribution in [0.25, 0.3) is 0 Å². The van der Waals surface area contributed by atoms with Gasteiger partial charge in [-0.25, -0.2) is 4.79 Å². The highest BCUT2D eigenvalue weighted by Crippen LogP contribution is 2.29. The molecule has 0 N–H and O–H groups in total. The maximum absolute atomic E-state index is 10.9. The molecule has 0 aliphatic rings. The summed E-state index contributed by atoms with van der Waals surface area (Å²) in [5, 5.41) is 0. The molecule has 0 bridgehead atoms. The van der Waals surface area contributed by atoms with Crippen molar-refractivity contribution in [3.8, 4) is 5.75 Å². The van der Waals surface area contributed by atoms with Crippen LogP contribution in [0.1, 0.15) is 6.92 Å². The second kappa shape index (κ2) is 6.06. The molecule has 0 radical (unpaired) electrons. The Hall–Kier alpha value is -0.810. The van der Waals surface area contributed by atoms with Crippen LogP contribution in [0, 0.1) is 0 Å². The first-order chi connectivity index (χ1) is 7.52. The van der Waals surface area contributed by atoms with Gasteiger partial charge < -0.3 is 9.47 Å². The maximum atomic E-state index is 10.9. The Bertz CT molecular complexity index is 404. The summed E-state index contributed by atoms with van der Waals surface area (Å²) >= 11 is 6.67. The summed E-state index contributed by atoms with van der Waals surface area (Å²) in [4.78, 5) is 10.9. The first kappa shape index (κ1) is 13.3. The minimum absolute atomic E-state index is 0.513. The summed E-state index contributed by atoms with van der Waals surface area (Å²) in [7, 11) is 0. The highest BCUT2D eigenvalue weighted by atomic mass is 79.9. The zero-order valence-corrected chi connectivity index (χ0v) is 11.7. The lowest BCUT2D eigenvalue weighted by molar-refractivity contribution is -0.155. The highest BCUT2D eigenvalue weighted by molar-refractivity contribution is 9.11. The summed E-state index contributed by atoms with van der Waals surface area (Å²) in [5.74, 6) is 0.0910. The number of benzene rings is 1. The molecule has 5 heteroatoms. The number of esters is 1. The average molecular weight is 350 g/mol. The lowest BCUT2D eigenvalue weighted by Crippen LogP contribution is -2.19. The van der Waals surface area contributed by atoms with E-state index in [2.05, 4.69) is 38.4 Å². The molecule has 0 heterocycles. The number of hydrogen-bond acceptors (Lipinski definition) is 3. The number of carbonyl (C=O) groups is 1. The molecule has 0 spiro atoms. The van der Waals surface area contributed by atoms with Crippen LogP contribution in [0.2, 0.25) is 0 Å². The minimum Gasteiger partial charge on any atom is -0.454 e. The SMILES string of the molecule is C=CC(=O)OC(C)Oc1ccc(Br)cc1Br. The Labute approximate surface area is 111 Å². The van der Waals surface area contributed by atoms with Crippen LogP contribution in [-0.2, 0) is 9.53 Å². The molecule has 86 valence electrons. The molecule has 0 saturated carbocycles. The summed E-state index contributed by atoms with van der Waals surface area (Å²) in [6.07, 6.45) is 0.430. The van der Waals surface area contributed by atoms with Crippen molar-refractivity contribution in [2.75, 3.05) is 0 Å². The van der Waals surface area contributed by atoms with Crippen LogP contribution in [0.5, 0.6) is 5.75 Å². The van der Waals surface area contributed by atoms with Gasteiger partial charge in [-0.1, -0.05) is 22.5 Å². The minimum atomic E-state index is -0.664. The van der Waals surface area contributed by atoms with Crippen LogP contribution in [0.3, 0.4) is 0 Å². The van der Waals surface area contributed by atoms with Crippen LogP contribution in [0.15, 0.2) is 39.8 Å². The van der Waals surface area contributed by atoms with Crippen molar-refractivity contribution in [2.45, 2.75) is 13.2 Å². The Balaban J connectivity index is 2.65. The molecule has 1 unspecified atom stereocenters. The third-order valence-corrected chi connectivity index (χ3v) is 2.75. The van der Waals surface area contributed by atoms with Crippen molar-refractivity contribution in [1.29, 1.82) is 0 Å². The van der Waals surface area contributed by atoms with E-state index in [1.165, 1.54) is 0 Å². The van der Waals surface area contributed by atoms with Gasteiger partial charge >= 0.3 is 5.97 Å². The van der Waals surface area contributed by atoms with E-state index < -0.39 is 12.3 Å². The molecule has 3 nitrogen and oxygen atoms in total. The normalized spacial score (nSPS) is 11.7. The first-order valence-corrected chi connectivity index (χ1v) is 6.06. The molecule has 0 aliphatic heterocycles.